The van der Waals surface area contributed by atoms with E-state index in [9.17, 15) is 9.59 Å². The number of carbonyl (C=O) groups excluding carboxylic acids is 1. The van der Waals surface area contributed by atoms with Gasteiger partial charge in [0.2, 0.25) is 5.91 Å². The fourth-order valence-corrected chi connectivity index (χ4v) is 4.87. The highest BCUT2D eigenvalue weighted by Gasteiger charge is 2.19. The number of H-pyrrole nitrogens is 1. The monoisotopic (exact) mass is 468 g/mol. The molecule has 6 nitrogen and oxygen atoms in total. The molecule has 0 radical (unpaired) electrons. The second kappa shape index (κ2) is 8.83. The van der Waals surface area contributed by atoms with E-state index in [4.69, 9.17) is 4.98 Å². The van der Waals surface area contributed by atoms with Crippen LogP contribution >= 0.6 is 11.8 Å². The molecule has 0 saturated carbocycles. The third-order valence-electron chi connectivity index (χ3n) is 6.06. The number of hydrogen-bond acceptors (Lipinski definition) is 4. The summed E-state index contributed by atoms with van der Waals surface area (Å²) in [6, 6.07) is 21.2. The van der Waals surface area contributed by atoms with Gasteiger partial charge in [0, 0.05) is 16.6 Å². The molecule has 5 aromatic rings. The largest absolute Gasteiger partial charge is 0.349 e. The van der Waals surface area contributed by atoms with Gasteiger partial charge in [-0.2, -0.15) is 0 Å². The molecule has 2 N–H and O–H groups in total. The van der Waals surface area contributed by atoms with Crippen LogP contribution in [0.25, 0.3) is 27.6 Å². The number of anilines is 1. The van der Waals surface area contributed by atoms with E-state index >= 15 is 0 Å². The fraction of sp³-hybridized carbons (Fsp3) is 0.148. The molecule has 2 aromatic heterocycles. The highest BCUT2D eigenvalue weighted by molar-refractivity contribution is 7.99. The van der Waals surface area contributed by atoms with Crippen molar-refractivity contribution in [3.63, 3.8) is 0 Å². The number of aromatic amines is 1. The van der Waals surface area contributed by atoms with Gasteiger partial charge in [-0.25, -0.2) is 4.98 Å². The van der Waals surface area contributed by atoms with Gasteiger partial charge in [-0.15, -0.1) is 0 Å². The molecule has 0 aliphatic rings. The first-order valence-corrected chi connectivity index (χ1v) is 12.0. The number of thioether (sulfide) groups is 1. The number of para-hydroxylation sites is 2. The highest BCUT2D eigenvalue weighted by Crippen LogP contribution is 2.27. The second-order valence-electron chi connectivity index (χ2n) is 8.30. The number of carbonyl (C=O) groups is 1. The SMILES string of the molecule is Cc1ccccc1-n1c(SCC(=O)Nc2cccc(C)c2C)nc2c([nH]c3ccccc32)c1=O. The number of nitrogens with zero attached hydrogens (tertiary/aromatic N) is 2. The van der Waals surface area contributed by atoms with Crippen LogP contribution in [0.5, 0.6) is 0 Å². The molecule has 0 spiro atoms. The molecular formula is C27H24N4O2S. The van der Waals surface area contributed by atoms with Crippen molar-refractivity contribution in [3.05, 3.63) is 93.8 Å². The molecule has 0 bridgehead atoms. The van der Waals surface area contributed by atoms with Crippen molar-refractivity contribution < 1.29 is 4.79 Å². The van der Waals surface area contributed by atoms with Gasteiger partial charge in [-0.3, -0.25) is 14.2 Å². The molecule has 34 heavy (non-hydrogen) atoms. The number of benzene rings is 3. The summed E-state index contributed by atoms with van der Waals surface area (Å²) >= 11 is 1.25. The van der Waals surface area contributed by atoms with Crippen LogP contribution in [0.4, 0.5) is 5.69 Å². The molecule has 0 unspecified atom stereocenters. The van der Waals surface area contributed by atoms with Gasteiger partial charge in [-0.05, 0) is 55.7 Å². The van der Waals surface area contributed by atoms with E-state index in [0.29, 0.717) is 16.2 Å². The first-order valence-electron chi connectivity index (χ1n) is 11.0. The molecule has 7 heteroatoms. The zero-order valence-corrected chi connectivity index (χ0v) is 20.0. The molecular weight excluding hydrogens is 444 g/mol. The number of aryl methyl sites for hydroxylation is 2. The van der Waals surface area contributed by atoms with Crippen molar-refractivity contribution in [2.45, 2.75) is 25.9 Å². The first-order chi connectivity index (χ1) is 16.4. The van der Waals surface area contributed by atoms with E-state index in [-0.39, 0.29) is 17.2 Å². The van der Waals surface area contributed by atoms with E-state index in [2.05, 4.69) is 10.3 Å². The normalized spacial score (nSPS) is 11.3. The van der Waals surface area contributed by atoms with Gasteiger partial charge >= 0.3 is 0 Å². The Balaban J connectivity index is 1.57. The second-order valence-corrected chi connectivity index (χ2v) is 9.24. The molecule has 1 amide bonds. The van der Waals surface area contributed by atoms with Crippen LogP contribution in [0.15, 0.2) is 76.7 Å². The van der Waals surface area contributed by atoms with Crippen molar-refractivity contribution in [2.75, 3.05) is 11.1 Å². The molecule has 170 valence electrons. The fourth-order valence-electron chi connectivity index (χ4n) is 4.07. The Labute approximate surface area is 201 Å². The number of fused-ring (bicyclic) bond motifs is 3. The predicted molar refractivity (Wildman–Crippen MR) is 139 cm³/mol. The molecule has 0 aliphatic carbocycles. The molecule has 0 saturated heterocycles. The van der Waals surface area contributed by atoms with Gasteiger partial charge < -0.3 is 10.3 Å². The van der Waals surface area contributed by atoms with E-state index in [1.807, 2.05) is 87.5 Å². The summed E-state index contributed by atoms with van der Waals surface area (Å²) in [7, 11) is 0. The van der Waals surface area contributed by atoms with Gasteiger partial charge in [0.1, 0.15) is 11.0 Å². The maximum absolute atomic E-state index is 13.7. The van der Waals surface area contributed by atoms with Crippen molar-refractivity contribution in [3.8, 4) is 5.69 Å². The van der Waals surface area contributed by atoms with Crippen LogP contribution in [0.3, 0.4) is 0 Å². The number of amides is 1. The van der Waals surface area contributed by atoms with Crippen LogP contribution in [0.2, 0.25) is 0 Å². The Hall–Kier alpha value is -3.84. The summed E-state index contributed by atoms with van der Waals surface area (Å²) in [5.74, 6) is -0.0251. The lowest BCUT2D eigenvalue weighted by molar-refractivity contribution is -0.113. The van der Waals surface area contributed by atoms with E-state index in [1.54, 1.807) is 4.57 Å². The lowest BCUT2D eigenvalue weighted by atomic mass is 10.1. The predicted octanol–water partition coefficient (Wildman–Crippen LogP) is 5.52. The zero-order valence-electron chi connectivity index (χ0n) is 19.2. The minimum atomic E-state index is -0.187. The van der Waals surface area contributed by atoms with Crippen LogP contribution in [-0.4, -0.2) is 26.2 Å². The summed E-state index contributed by atoms with van der Waals surface area (Å²) in [4.78, 5) is 34.6. The third kappa shape index (κ3) is 3.88. The van der Waals surface area contributed by atoms with Crippen molar-refractivity contribution in [1.29, 1.82) is 0 Å². The summed E-state index contributed by atoms with van der Waals surface area (Å²) < 4.78 is 1.60. The molecule has 0 atom stereocenters. The lowest BCUT2D eigenvalue weighted by Gasteiger charge is -2.14. The Bertz CT molecular complexity index is 1620. The maximum atomic E-state index is 13.7. The van der Waals surface area contributed by atoms with E-state index < -0.39 is 0 Å². The van der Waals surface area contributed by atoms with Gasteiger partial charge in [0.15, 0.2) is 5.16 Å². The molecule has 2 heterocycles. The average Bonchev–Trinajstić information content (AvgIpc) is 3.21. The van der Waals surface area contributed by atoms with Crippen LogP contribution in [0.1, 0.15) is 16.7 Å². The third-order valence-corrected chi connectivity index (χ3v) is 7.00. The smallest absolute Gasteiger partial charge is 0.283 e. The van der Waals surface area contributed by atoms with Crippen LogP contribution in [-0.2, 0) is 4.79 Å². The van der Waals surface area contributed by atoms with Gasteiger partial charge in [0.05, 0.1) is 11.4 Å². The Kier molecular flexibility index (Phi) is 5.71. The molecule has 0 aliphatic heterocycles. The summed E-state index contributed by atoms with van der Waals surface area (Å²) in [6.45, 7) is 5.96. The number of nitrogens with one attached hydrogen (secondary N) is 2. The quantitative estimate of drug-likeness (QED) is 0.263. The summed E-state index contributed by atoms with van der Waals surface area (Å²) in [5, 5.41) is 4.35. The topological polar surface area (TPSA) is 79.8 Å². The minimum absolute atomic E-state index is 0.125. The van der Waals surface area contributed by atoms with Crippen molar-refractivity contribution in [2.24, 2.45) is 0 Å². The van der Waals surface area contributed by atoms with E-state index in [1.165, 1.54) is 11.8 Å². The Morgan fingerprint density at radius 3 is 2.53 bits per heavy atom. The minimum Gasteiger partial charge on any atom is -0.349 e. The first kappa shape index (κ1) is 22.0. The van der Waals surface area contributed by atoms with Crippen LogP contribution < -0.4 is 10.9 Å². The van der Waals surface area contributed by atoms with E-state index in [0.717, 1.165) is 39.0 Å². The van der Waals surface area contributed by atoms with Crippen molar-refractivity contribution >= 4 is 45.3 Å². The highest BCUT2D eigenvalue weighted by atomic mass is 32.2. The Morgan fingerprint density at radius 1 is 0.971 bits per heavy atom. The lowest BCUT2D eigenvalue weighted by Crippen LogP contribution is -2.23. The van der Waals surface area contributed by atoms with Crippen LogP contribution in [0, 0.1) is 20.8 Å². The summed E-state index contributed by atoms with van der Waals surface area (Å²) in [5.41, 5.74) is 6.38. The zero-order chi connectivity index (χ0) is 23.8. The summed E-state index contributed by atoms with van der Waals surface area (Å²) in [6.07, 6.45) is 0. The number of hydrogen-bond donors (Lipinski definition) is 2. The number of aromatic nitrogens is 3. The number of rotatable bonds is 5. The average molecular weight is 469 g/mol. The molecule has 5 rings (SSSR count). The van der Waals surface area contributed by atoms with Gasteiger partial charge in [-0.1, -0.05) is 60.3 Å². The maximum Gasteiger partial charge on any atom is 0.283 e. The molecule has 3 aromatic carbocycles. The Morgan fingerprint density at radius 2 is 1.71 bits per heavy atom. The molecule has 0 fully saturated rings. The van der Waals surface area contributed by atoms with Gasteiger partial charge in [0.25, 0.3) is 5.56 Å². The van der Waals surface area contributed by atoms with Crippen molar-refractivity contribution in [1.82, 2.24) is 14.5 Å². The standard InChI is InChI=1S/C27H24N4O2S/c1-16-10-8-13-20(18(16)3)28-23(32)15-34-27-30-24-19-11-5-6-12-21(19)29-25(24)26(33)31(27)22-14-7-4-9-17(22)2/h4-14,29H,15H2,1-3H3,(H,28,32).